The molecule has 1 saturated carbocycles. The van der Waals surface area contributed by atoms with E-state index in [1.807, 2.05) is 18.2 Å². The van der Waals surface area contributed by atoms with E-state index < -0.39 is 0 Å². The lowest BCUT2D eigenvalue weighted by Crippen LogP contribution is -2.32. The summed E-state index contributed by atoms with van der Waals surface area (Å²) in [6.45, 7) is 0. The quantitative estimate of drug-likeness (QED) is 0.723. The average molecular weight is 350 g/mol. The van der Waals surface area contributed by atoms with Crippen molar-refractivity contribution in [2.75, 3.05) is 11.1 Å². The number of nitrogens with zero attached hydrogens (tertiary/aromatic N) is 1. The minimum atomic E-state index is -0.317. The van der Waals surface area contributed by atoms with Crippen LogP contribution in [0, 0.1) is 0 Å². The highest BCUT2D eigenvalue weighted by molar-refractivity contribution is 9.10. The van der Waals surface area contributed by atoms with Gasteiger partial charge in [-0.15, -0.1) is 0 Å². The minimum Gasteiger partial charge on any atom is -0.396 e. The van der Waals surface area contributed by atoms with Crippen molar-refractivity contribution >= 4 is 38.2 Å². The zero-order valence-corrected chi connectivity index (χ0v) is 13.4. The highest BCUT2D eigenvalue weighted by Gasteiger charge is 2.22. The SMILES string of the molecule is Nc1cnc2ccc(Br)cc2c1NC1CCCCCC1O. The Balaban J connectivity index is 1.98. The first-order valence-electron chi connectivity index (χ1n) is 7.43. The number of aliphatic hydroxyl groups excluding tert-OH is 1. The van der Waals surface area contributed by atoms with Crippen molar-refractivity contribution in [3.8, 4) is 0 Å². The van der Waals surface area contributed by atoms with Crippen LogP contribution in [0.3, 0.4) is 0 Å². The van der Waals surface area contributed by atoms with Crippen LogP contribution in [-0.2, 0) is 0 Å². The Morgan fingerprint density at radius 3 is 2.90 bits per heavy atom. The van der Waals surface area contributed by atoms with Crippen LogP contribution < -0.4 is 11.1 Å². The maximum atomic E-state index is 10.3. The van der Waals surface area contributed by atoms with Gasteiger partial charge in [0.15, 0.2) is 0 Å². The van der Waals surface area contributed by atoms with E-state index in [0.717, 1.165) is 46.7 Å². The zero-order chi connectivity index (χ0) is 14.8. The zero-order valence-electron chi connectivity index (χ0n) is 11.8. The maximum Gasteiger partial charge on any atom is 0.0743 e. The third-order valence-corrected chi connectivity index (χ3v) is 4.66. The summed E-state index contributed by atoms with van der Waals surface area (Å²) in [6, 6.07) is 6.01. The van der Waals surface area contributed by atoms with Gasteiger partial charge in [0.05, 0.1) is 35.2 Å². The molecule has 2 atom stereocenters. The van der Waals surface area contributed by atoms with Gasteiger partial charge < -0.3 is 16.2 Å². The fraction of sp³-hybridized carbons (Fsp3) is 0.438. The number of nitrogens with one attached hydrogen (secondary N) is 1. The number of benzene rings is 1. The number of rotatable bonds is 2. The molecule has 1 fully saturated rings. The van der Waals surface area contributed by atoms with E-state index in [2.05, 4.69) is 26.2 Å². The number of hydrogen-bond donors (Lipinski definition) is 3. The Labute approximate surface area is 132 Å². The number of fused-ring (bicyclic) bond motifs is 1. The van der Waals surface area contributed by atoms with Gasteiger partial charge in [0.25, 0.3) is 0 Å². The second kappa shape index (κ2) is 6.20. The van der Waals surface area contributed by atoms with Gasteiger partial charge in [0.1, 0.15) is 0 Å². The van der Waals surface area contributed by atoms with Gasteiger partial charge in [-0.05, 0) is 31.0 Å². The van der Waals surface area contributed by atoms with Crippen LogP contribution >= 0.6 is 15.9 Å². The van der Waals surface area contributed by atoms with E-state index >= 15 is 0 Å². The van der Waals surface area contributed by atoms with Crippen molar-refractivity contribution in [3.63, 3.8) is 0 Å². The number of aromatic nitrogens is 1. The van der Waals surface area contributed by atoms with Gasteiger partial charge >= 0.3 is 0 Å². The molecular weight excluding hydrogens is 330 g/mol. The average Bonchev–Trinajstić information content (AvgIpc) is 2.67. The first-order valence-corrected chi connectivity index (χ1v) is 8.23. The van der Waals surface area contributed by atoms with Crippen LogP contribution in [0.15, 0.2) is 28.9 Å². The molecule has 1 aromatic heterocycles. The van der Waals surface area contributed by atoms with Crippen LogP contribution in [-0.4, -0.2) is 22.2 Å². The highest BCUT2D eigenvalue weighted by atomic mass is 79.9. The van der Waals surface area contributed by atoms with Gasteiger partial charge in [-0.1, -0.05) is 35.2 Å². The van der Waals surface area contributed by atoms with E-state index in [4.69, 9.17) is 5.73 Å². The van der Waals surface area contributed by atoms with Gasteiger partial charge in [0.2, 0.25) is 0 Å². The van der Waals surface area contributed by atoms with Crippen molar-refractivity contribution in [1.82, 2.24) is 4.98 Å². The van der Waals surface area contributed by atoms with Crippen LogP contribution in [0.4, 0.5) is 11.4 Å². The lowest BCUT2D eigenvalue weighted by molar-refractivity contribution is 0.144. The smallest absolute Gasteiger partial charge is 0.0743 e. The Morgan fingerprint density at radius 1 is 1.24 bits per heavy atom. The molecule has 0 amide bonds. The van der Waals surface area contributed by atoms with Gasteiger partial charge in [0, 0.05) is 9.86 Å². The van der Waals surface area contributed by atoms with Crippen molar-refractivity contribution in [2.24, 2.45) is 0 Å². The Hall–Kier alpha value is -1.33. The molecule has 5 heteroatoms. The largest absolute Gasteiger partial charge is 0.396 e. The number of aliphatic hydroxyl groups is 1. The second-order valence-corrected chi connectivity index (χ2v) is 6.62. The van der Waals surface area contributed by atoms with Crippen molar-refractivity contribution in [2.45, 2.75) is 44.2 Å². The summed E-state index contributed by atoms with van der Waals surface area (Å²) >= 11 is 3.49. The molecule has 4 nitrogen and oxygen atoms in total. The summed E-state index contributed by atoms with van der Waals surface area (Å²) in [4.78, 5) is 4.36. The molecule has 0 spiro atoms. The third kappa shape index (κ3) is 3.14. The summed E-state index contributed by atoms with van der Waals surface area (Å²) in [5.74, 6) is 0. The van der Waals surface area contributed by atoms with Crippen LogP contribution in [0.25, 0.3) is 10.9 Å². The highest BCUT2D eigenvalue weighted by Crippen LogP contribution is 2.32. The van der Waals surface area contributed by atoms with E-state index in [9.17, 15) is 5.11 Å². The molecule has 1 aromatic carbocycles. The van der Waals surface area contributed by atoms with Crippen LogP contribution in [0.2, 0.25) is 0 Å². The van der Waals surface area contributed by atoms with E-state index in [-0.39, 0.29) is 12.1 Å². The lowest BCUT2D eigenvalue weighted by atomic mass is 10.0. The third-order valence-electron chi connectivity index (χ3n) is 4.17. The monoisotopic (exact) mass is 349 g/mol. The van der Waals surface area contributed by atoms with Gasteiger partial charge in [-0.25, -0.2) is 0 Å². The van der Waals surface area contributed by atoms with Crippen molar-refractivity contribution in [3.05, 3.63) is 28.9 Å². The predicted octanol–water partition coefficient (Wildman–Crippen LogP) is 3.69. The summed E-state index contributed by atoms with van der Waals surface area (Å²) in [7, 11) is 0. The molecule has 1 aliphatic carbocycles. The summed E-state index contributed by atoms with van der Waals surface area (Å²) in [5.41, 5.74) is 8.52. The standard InChI is InChI=1S/C16H20BrN3O/c17-10-6-7-13-11(8-10)16(12(18)9-19-13)20-14-4-2-1-3-5-15(14)21/h6-9,14-15,21H,1-5,18H2,(H,19,20). The molecule has 3 rings (SSSR count). The molecular formula is C16H20BrN3O. The first kappa shape index (κ1) is 14.6. The fourth-order valence-corrected chi connectivity index (χ4v) is 3.34. The first-order chi connectivity index (χ1) is 10.1. The molecule has 112 valence electrons. The molecule has 2 unspecified atom stereocenters. The van der Waals surface area contributed by atoms with E-state index in [1.165, 1.54) is 6.42 Å². The van der Waals surface area contributed by atoms with E-state index in [0.29, 0.717) is 5.69 Å². The van der Waals surface area contributed by atoms with Gasteiger partial charge in [-0.3, -0.25) is 4.98 Å². The molecule has 0 bridgehead atoms. The molecule has 4 N–H and O–H groups in total. The Morgan fingerprint density at radius 2 is 2.05 bits per heavy atom. The fourth-order valence-electron chi connectivity index (χ4n) is 2.98. The number of nitrogens with two attached hydrogens (primary N) is 1. The van der Waals surface area contributed by atoms with Crippen molar-refractivity contribution in [1.29, 1.82) is 0 Å². The molecule has 0 aliphatic heterocycles. The molecule has 1 aliphatic rings. The van der Waals surface area contributed by atoms with Crippen molar-refractivity contribution < 1.29 is 5.11 Å². The van der Waals surface area contributed by atoms with Crippen LogP contribution in [0.5, 0.6) is 0 Å². The van der Waals surface area contributed by atoms with E-state index in [1.54, 1.807) is 6.20 Å². The predicted molar refractivity (Wildman–Crippen MR) is 90.4 cm³/mol. The minimum absolute atomic E-state index is 0.0550. The maximum absolute atomic E-state index is 10.3. The molecule has 2 aromatic rings. The lowest BCUT2D eigenvalue weighted by Gasteiger charge is -2.24. The topological polar surface area (TPSA) is 71.2 Å². The Kier molecular flexibility index (Phi) is 4.31. The molecule has 0 saturated heterocycles. The number of pyridine rings is 1. The van der Waals surface area contributed by atoms with Crippen LogP contribution in [0.1, 0.15) is 32.1 Å². The number of halogens is 1. The molecule has 0 radical (unpaired) electrons. The number of nitrogen functional groups attached to an aromatic ring is 1. The summed E-state index contributed by atoms with van der Waals surface area (Å²) in [6.07, 6.45) is 6.61. The number of anilines is 2. The summed E-state index contributed by atoms with van der Waals surface area (Å²) in [5, 5.41) is 14.8. The molecule has 21 heavy (non-hydrogen) atoms. The Bertz CT molecular complexity index is 641. The van der Waals surface area contributed by atoms with Gasteiger partial charge in [-0.2, -0.15) is 0 Å². The molecule has 1 heterocycles. The second-order valence-electron chi connectivity index (χ2n) is 5.71. The normalized spacial score (nSPS) is 23.0. The number of hydrogen-bond acceptors (Lipinski definition) is 4. The summed E-state index contributed by atoms with van der Waals surface area (Å²) < 4.78 is 0.992.